The summed E-state index contributed by atoms with van der Waals surface area (Å²) >= 11 is 0. The summed E-state index contributed by atoms with van der Waals surface area (Å²) in [4.78, 5) is 31.5. The van der Waals surface area contributed by atoms with E-state index in [1.807, 2.05) is 43.8 Å². The van der Waals surface area contributed by atoms with Gasteiger partial charge in [0.05, 0.1) is 6.04 Å². The monoisotopic (exact) mass is 350 g/mol. The van der Waals surface area contributed by atoms with Gasteiger partial charge in [0.2, 0.25) is 5.56 Å². The quantitative estimate of drug-likeness (QED) is 0.742. The zero-order valence-corrected chi connectivity index (χ0v) is 15.1. The lowest BCUT2D eigenvalue weighted by Crippen LogP contribution is -2.33. The maximum absolute atomic E-state index is 12.8. The molecular formula is C20H22N4O2. The van der Waals surface area contributed by atoms with E-state index in [1.165, 1.54) is 6.07 Å². The second-order valence-corrected chi connectivity index (χ2v) is 6.60. The van der Waals surface area contributed by atoms with E-state index in [4.69, 9.17) is 0 Å². The molecule has 0 unspecified atom stereocenters. The fourth-order valence-electron chi connectivity index (χ4n) is 2.87. The van der Waals surface area contributed by atoms with Crippen LogP contribution < -0.4 is 10.9 Å². The Morgan fingerprint density at radius 3 is 2.62 bits per heavy atom. The second-order valence-electron chi connectivity index (χ2n) is 6.60. The molecule has 26 heavy (non-hydrogen) atoms. The van der Waals surface area contributed by atoms with Crippen LogP contribution in [0.2, 0.25) is 0 Å². The van der Waals surface area contributed by atoms with Crippen LogP contribution >= 0.6 is 0 Å². The van der Waals surface area contributed by atoms with Crippen molar-refractivity contribution in [3.63, 3.8) is 0 Å². The molecule has 2 heterocycles. The smallest absolute Gasteiger partial charge is 0.251 e. The number of benzene rings is 1. The number of rotatable bonds is 5. The zero-order valence-electron chi connectivity index (χ0n) is 15.1. The first-order chi connectivity index (χ1) is 12.5. The molecule has 2 aromatic heterocycles. The van der Waals surface area contributed by atoms with Gasteiger partial charge in [0.1, 0.15) is 5.82 Å². The normalized spacial score (nSPS) is 12.2. The highest BCUT2D eigenvalue weighted by molar-refractivity contribution is 5.95. The summed E-state index contributed by atoms with van der Waals surface area (Å²) in [5.41, 5.74) is 1.82. The summed E-state index contributed by atoms with van der Waals surface area (Å²) in [6, 6.07) is 12.0. The molecule has 0 fully saturated rings. The zero-order chi connectivity index (χ0) is 18.7. The van der Waals surface area contributed by atoms with Crippen molar-refractivity contribution in [1.29, 1.82) is 0 Å². The van der Waals surface area contributed by atoms with Crippen LogP contribution in [-0.4, -0.2) is 20.4 Å². The Balaban J connectivity index is 1.87. The Labute approximate surface area is 151 Å². The van der Waals surface area contributed by atoms with E-state index < -0.39 is 0 Å². The summed E-state index contributed by atoms with van der Waals surface area (Å²) in [5, 5.41) is 3.07. The molecule has 6 heteroatoms. The molecule has 3 rings (SSSR count). The third-order valence-corrected chi connectivity index (χ3v) is 4.29. The lowest BCUT2D eigenvalue weighted by Gasteiger charge is -2.22. The SMILES string of the molecule is CC(C)[C@H](NC(=O)c1cccc(-c2cccc(=O)[nH]2)c1)c1nccn1C. The number of hydrogen-bond donors (Lipinski definition) is 2. The highest BCUT2D eigenvalue weighted by atomic mass is 16.1. The summed E-state index contributed by atoms with van der Waals surface area (Å²) < 4.78 is 1.91. The van der Waals surface area contributed by atoms with Crippen molar-refractivity contribution in [2.45, 2.75) is 19.9 Å². The minimum Gasteiger partial charge on any atom is -0.342 e. The Morgan fingerprint density at radius 1 is 1.19 bits per heavy atom. The average Bonchev–Trinajstić information content (AvgIpc) is 3.05. The highest BCUT2D eigenvalue weighted by Gasteiger charge is 2.22. The van der Waals surface area contributed by atoms with Crippen molar-refractivity contribution < 1.29 is 4.79 Å². The van der Waals surface area contributed by atoms with Crippen molar-refractivity contribution >= 4 is 5.91 Å². The molecule has 0 bridgehead atoms. The van der Waals surface area contributed by atoms with Crippen LogP contribution in [0.25, 0.3) is 11.3 Å². The highest BCUT2D eigenvalue weighted by Crippen LogP contribution is 2.22. The molecule has 134 valence electrons. The Hall–Kier alpha value is -3.15. The van der Waals surface area contributed by atoms with E-state index in [0.717, 1.165) is 11.4 Å². The second kappa shape index (κ2) is 7.39. The molecule has 0 aliphatic heterocycles. The molecule has 0 saturated heterocycles. The number of carbonyl (C=O) groups is 1. The van der Waals surface area contributed by atoms with Gasteiger partial charge in [0, 0.05) is 36.8 Å². The number of amides is 1. The Morgan fingerprint density at radius 2 is 1.96 bits per heavy atom. The molecule has 0 spiro atoms. The van der Waals surface area contributed by atoms with Crippen molar-refractivity contribution in [2.75, 3.05) is 0 Å². The third kappa shape index (κ3) is 3.74. The third-order valence-electron chi connectivity index (χ3n) is 4.29. The van der Waals surface area contributed by atoms with E-state index >= 15 is 0 Å². The predicted molar refractivity (Wildman–Crippen MR) is 101 cm³/mol. The fraction of sp³-hybridized carbons (Fsp3) is 0.250. The van der Waals surface area contributed by atoms with E-state index in [0.29, 0.717) is 11.3 Å². The number of nitrogens with one attached hydrogen (secondary N) is 2. The largest absolute Gasteiger partial charge is 0.342 e. The van der Waals surface area contributed by atoms with Crippen molar-refractivity contribution in [2.24, 2.45) is 13.0 Å². The molecule has 3 aromatic rings. The molecule has 1 amide bonds. The van der Waals surface area contributed by atoms with Gasteiger partial charge in [-0.25, -0.2) is 4.98 Å². The molecule has 0 saturated carbocycles. The standard InChI is InChI=1S/C20H22N4O2/c1-13(2)18(19-21-10-11-24(19)3)23-20(26)15-7-4-6-14(12-15)16-8-5-9-17(25)22-16/h4-13,18H,1-3H3,(H,22,25)(H,23,26)/t18-/m0/s1. The number of aromatic nitrogens is 3. The number of pyridine rings is 1. The molecule has 2 N–H and O–H groups in total. The molecule has 0 radical (unpaired) electrons. The Bertz CT molecular complexity index is 971. The van der Waals surface area contributed by atoms with Gasteiger partial charge in [-0.15, -0.1) is 0 Å². The number of nitrogens with zero attached hydrogens (tertiary/aromatic N) is 2. The van der Waals surface area contributed by atoms with Crippen molar-refractivity contribution in [1.82, 2.24) is 19.9 Å². The van der Waals surface area contributed by atoms with E-state index in [9.17, 15) is 9.59 Å². The maximum atomic E-state index is 12.8. The first-order valence-corrected chi connectivity index (χ1v) is 8.53. The average molecular weight is 350 g/mol. The lowest BCUT2D eigenvalue weighted by atomic mass is 10.0. The van der Waals surface area contributed by atoms with E-state index in [2.05, 4.69) is 15.3 Å². The van der Waals surface area contributed by atoms with Crippen LogP contribution in [0.4, 0.5) is 0 Å². The number of imidazole rings is 1. The summed E-state index contributed by atoms with van der Waals surface area (Å²) in [6.07, 6.45) is 3.59. The van der Waals surface area contributed by atoms with Crippen LogP contribution in [0.1, 0.15) is 36.1 Å². The molecular weight excluding hydrogens is 328 g/mol. The maximum Gasteiger partial charge on any atom is 0.251 e. The topological polar surface area (TPSA) is 79.8 Å². The van der Waals surface area contributed by atoms with Crippen LogP contribution in [0.15, 0.2) is 59.7 Å². The van der Waals surface area contributed by atoms with Crippen molar-refractivity contribution in [3.05, 3.63) is 76.6 Å². The van der Waals surface area contributed by atoms with E-state index in [1.54, 1.807) is 30.5 Å². The van der Waals surface area contributed by atoms with Crippen LogP contribution in [0, 0.1) is 5.92 Å². The van der Waals surface area contributed by atoms with Gasteiger partial charge in [0.25, 0.3) is 5.91 Å². The van der Waals surface area contributed by atoms with Gasteiger partial charge < -0.3 is 14.9 Å². The number of aromatic amines is 1. The predicted octanol–water partition coefficient (Wildman–Crippen LogP) is 2.90. The summed E-state index contributed by atoms with van der Waals surface area (Å²) in [5.74, 6) is 0.831. The van der Waals surface area contributed by atoms with Crippen LogP contribution in [0.5, 0.6) is 0 Å². The molecule has 1 atom stereocenters. The fourth-order valence-corrected chi connectivity index (χ4v) is 2.87. The van der Waals surface area contributed by atoms with Crippen LogP contribution in [-0.2, 0) is 7.05 Å². The first kappa shape index (κ1) is 17.7. The number of hydrogen-bond acceptors (Lipinski definition) is 3. The van der Waals surface area contributed by atoms with Gasteiger partial charge >= 0.3 is 0 Å². The Kier molecular flexibility index (Phi) is 5.02. The summed E-state index contributed by atoms with van der Waals surface area (Å²) in [6.45, 7) is 4.09. The lowest BCUT2D eigenvalue weighted by molar-refractivity contribution is 0.0922. The molecule has 0 aliphatic carbocycles. The van der Waals surface area contributed by atoms with Gasteiger partial charge in [-0.2, -0.15) is 0 Å². The van der Waals surface area contributed by atoms with E-state index in [-0.39, 0.29) is 23.4 Å². The summed E-state index contributed by atoms with van der Waals surface area (Å²) in [7, 11) is 1.91. The minimum atomic E-state index is -0.192. The molecule has 0 aliphatic rings. The van der Waals surface area contributed by atoms with Gasteiger partial charge in [-0.3, -0.25) is 9.59 Å². The van der Waals surface area contributed by atoms with Crippen LogP contribution in [0.3, 0.4) is 0 Å². The van der Waals surface area contributed by atoms with Gasteiger partial charge in [-0.1, -0.05) is 32.0 Å². The first-order valence-electron chi connectivity index (χ1n) is 8.53. The van der Waals surface area contributed by atoms with Crippen molar-refractivity contribution in [3.8, 4) is 11.3 Å². The van der Waals surface area contributed by atoms with Gasteiger partial charge in [-0.05, 0) is 29.7 Å². The minimum absolute atomic E-state index is 0.174. The molecule has 1 aromatic carbocycles. The van der Waals surface area contributed by atoms with Gasteiger partial charge in [0.15, 0.2) is 0 Å². The molecule has 6 nitrogen and oxygen atoms in total. The number of carbonyl (C=O) groups excluding carboxylic acids is 1. The number of aryl methyl sites for hydroxylation is 1. The number of H-pyrrole nitrogens is 1.